The minimum atomic E-state index is -0.829. The fraction of sp³-hybridized carbons (Fsp3) is 0.370. The fourth-order valence-electron chi connectivity index (χ4n) is 4.64. The van der Waals surface area contributed by atoms with Gasteiger partial charge in [-0.15, -0.1) is 0 Å². The van der Waals surface area contributed by atoms with Gasteiger partial charge in [-0.3, -0.25) is 0 Å². The molecule has 0 aromatic heterocycles. The maximum absolute atomic E-state index is 11.2. The Hall–Kier alpha value is -2.76. The molecule has 0 amide bonds. The number of nitrogen functional groups attached to an aromatic ring is 1. The molecule has 4 rings (SSSR count). The number of nitrogens with one attached hydrogen (secondary N) is 1. The van der Waals surface area contributed by atoms with E-state index < -0.39 is 5.60 Å². The van der Waals surface area contributed by atoms with E-state index in [0.29, 0.717) is 24.4 Å². The molecule has 0 saturated carbocycles. The smallest absolute Gasteiger partial charge is 0.0930 e. The number of hydrazone groups is 1. The van der Waals surface area contributed by atoms with Gasteiger partial charge >= 0.3 is 0 Å². The summed E-state index contributed by atoms with van der Waals surface area (Å²) in [4.78, 5) is 2.26. The van der Waals surface area contributed by atoms with Crippen LogP contribution in [0.2, 0.25) is 5.02 Å². The van der Waals surface area contributed by atoms with Gasteiger partial charge in [-0.05, 0) is 79.5 Å². The minimum absolute atomic E-state index is 0.646. The van der Waals surface area contributed by atoms with Crippen molar-refractivity contribution < 1.29 is 5.11 Å². The zero-order valence-corrected chi connectivity index (χ0v) is 19.8. The molecule has 33 heavy (non-hydrogen) atoms. The van der Waals surface area contributed by atoms with E-state index in [1.807, 2.05) is 42.6 Å². The van der Waals surface area contributed by atoms with Crippen molar-refractivity contribution in [1.82, 2.24) is 10.3 Å². The molecule has 0 aliphatic carbocycles. The van der Waals surface area contributed by atoms with Crippen LogP contribution < -0.4 is 11.2 Å². The summed E-state index contributed by atoms with van der Waals surface area (Å²) in [5.74, 6) is 0. The second kappa shape index (κ2) is 10.4. The third-order valence-corrected chi connectivity index (χ3v) is 6.99. The van der Waals surface area contributed by atoms with Crippen LogP contribution in [0, 0.1) is 0 Å². The Balaban J connectivity index is 1.48. The first-order chi connectivity index (χ1) is 16.0. The van der Waals surface area contributed by atoms with Gasteiger partial charge in [-0.2, -0.15) is 5.10 Å². The van der Waals surface area contributed by atoms with Crippen molar-refractivity contribution in [2.45, 2.75) is 44.1 Å². The monoisotopic (exact) mass is 464 g/mol. The van der Waals surface area contributed by atoms with E-state index in [0.717, 1.165) is 66.8 Å². The highest BCUT2D eigenvalue weighted by atomic mass is 35.5. The lowest BCUT2D eigenvalue weighted by molar-refractivity contribution is -0.0139. The van der Waals surface area contributed by atoms with Gasteiger partial charge in [0.15, 0.2) is 0 Å². The lowest BCUT2D eigenvalue weighted by Crippen LogP contribution is -2.41. The van der Waals surface area contributed by atoms with Gasteiger partial charge in [0.1, 0.15) is 0 Å². The van der Waals surface area contributed by atoms with Crippen LogP contribution in [0.3, 0.4) is 0 Å². The Morgan fingerprint density at radius 1 is 1.12 bits per heavy atom. The second-order valence-corrected chi connectivity index (χ2v) is 9.36. The molecule has 0 atom stereocenters. The Bertz CT molecular complexity index is 1040. The largest absolute Gasteiger partial charge is 0.398 e. The molecule has 0 bridgehead atoms. The van der Waals surface area contributed by atoms with E-state index in [-0.39, 0.29) is 0 Å². The number of benzene rings is 2. The SMILES string of the molecule is C=C(c1ccc(N)c(/C2=C/CN/N=C\CCCC2)c1)N1CCC(O)(c2ccc(Cl)cc2)CC1. The van der Waals surface area contributed by atoms with Crippen molar-refractivity contribution in [3.8, 4) is 0 Å². The highest BCUT2D eigenvalue weighted by molar-refractivity contribution is 6.30. The molecule has 2 aliphatic heterocycles. The van der Waals surface area contributed by atoms with Gasteiger partial charge in [0.2, 0.25) is 0 Å². The van der Waals surface area contributed by atoms with Gasteiger partial charge < -0.3 is 21.2 Å². The van der Waals surface area contributed by atoms with Crippen LogP contribution in [-0.4, -0.2) is 35.9 Å². The summed E-state index contributed by atoms with van der Waals surface area (Å²) in [6.45, 7) is 6.56. The summed E-state index contributed by atoms with van der Waals surface area (Å²) < 4.78 is 0. The van der Waals surface area contributed by atoms with Crippen molar-refractivity contribution in [1.29, 1.82) is 0 Å². The third kappa shape index (κ3) is 5.60. The van der Waals surface area contributed by atoms with Crippen molar-refractivity contribution in [3.63, 3.8) is 0 Å². The fourth-order valence-corrected chi connectivity index (χ4v) is 4.77. The summed E-state index contributed by atoms with van der Waals surface area (Å²) in [5.41, 5.74) is 14.7. The Kier molecular flexibility index (Phi) is 7.41. The number of rotatable bonds is 4. The molecule has 5 nitrogen and oxygen atoms in total. The number of halogens is 1. The maximum atomic E-state index is 11.2. The minimum Gasteiger partial charge on any atom is -0.398 e. The molecule has 2 aromatic carbocycles. The van der Waals surface area contributed by atoms with Crippen LogP contribution in [0.15, 0.2) is 60.2 Å². The van der Waals surface area contributed by atoms with Crippen molar-refractivity contribution >= 4 is 34.8 Å². The number of piperidine rings is 1. The first-order valence-electron chi connectivity index (χ1n) is 11.7. The summed E-state index contributed by atoms with van der Waals surface area (Å²) in [7, 11) is 0. The van der Waals surface area contributed by atoms with E-state index >= 15 is 0 Å². The Morgan fingerprint density at radius 2 is 1.88 bits per heavy atom. The van der Waals surface area contributed by atoms with Crippen molar-refractivity contribution in [2.75, 3.05) is 25.4 Å². The number of allylic oxidation sites excluding steroid dienone is 1. The molecule has 6 heteroatoms. The first kappa shape index (κ1) is 23.4. The molecule has 2 heterocycles. The van der Waals surface area contributed by atoms with E-state index in [9.17, 15) is 5.11 Å². The predicted octanol–water partition coefficient (Wildman–Crippen LogP) is 5.41. The summed E-state index contributed by atoms with van der Waals surface area (Å²) in [6, 6.07) is 13.7. The average Bonchev–Trinajstić information content (AvgIpc) is 2.83. The van der Waals surface area contributed by atoms with Gasteiger partial charge in [0, 0.05) is 41.3 Å². The van der Waals surface area contributed by atoms with Crippen LogP contribution in [0.1, 0.15) is 55.2 Å². The quantitative estimate of drug-likeness (QED) is 0.529. The second-order valence-electron chi connectivity index (χ2n) is 8.92. The Labute approximate surface area is 201 Å². The third-order valence-electron chi connectivity index (χ3n) is 6.74. The van der Waals surface area contributed by atoms with Crippen LogP contribution in [0.25, 0.3) is 11.3 Å². The highest BCUT2D eigenvalue weighted by Crippen LogP contribution is 2.36. The standard InChI is InChI=1S/C27H33ClN4O/c1-20(32-17-13-27(33,14-18-32)23-7-9-24(28)10-8-23)22-6-11-26(29)25(19-22)21-5-3-2-4-15-30-31-16-12-21/h6-12,15,19,31,33H,1-5,13-14,16-18,29H2/b21-12+,30-15-. The molecular weight excluding hydrogens is 432 g/mol. The zero-order chi connectivity index (χ0) is 23.3. The molecule has 1 saturated heterocycles. The molecule has 0 spiro atoms. The molecule has 2 aromatic rings. The molecule has 4 N–H and O–H groups in total. The van der Waals surface area contributed by atoms with Gasteiger partial charge in [-0.1, -0.05) is 42.5 Å². The number of nitrogens with zero attached hydrogens (tertiary/aromatic N) is 2. The lowest BCUT2D eigenvalue weighted by atomic mass is 9.84. The van der Waals surface area contributed by atoms with Crippen LogP contribution in [-0.2, 0) is 5.60 Å². The zero-order valence-electron chi connectivity index (χ0n) is 19.1. The molecule has 0 unspecified atom stereocenters. The number of hydrogen-bond acceptors (Lipinski definition) is 5. The topological polar surface area (TPSA) is 73.9 Å². The number of nitrogens with two attached hydrogens (primary N) is 1. The molecule has 1 fully saturated rings. The van der Waals surface area contributed by atoms with E-state index in [4.69, 9.17) is 17.3 Å². The Morgan fingerprint density at radius 3 is 2.64 bits per heavy atom. The van der Waals surface area contributed by atoms with Crippen molar-refractivity contribution in [3.05, 3.63) is 76.8 Å². The normalized spacial score (nSPS) is 21.4. The number of aliphatic hydroxyl groups is 1. The lowest BCUT2D eigenvalue weighted by Gasteiger charge is -2.40. The highest BCUT2D eigenvalue weighted by Gasteiger charge is 2.34. The molecule has 0 radical (unpaired) electrons. The first-order valence-corrected chi connectivity index (χ1v) is 12.1. The van der Waals surface area contributed by atoms with E-state index in [1.54, 1.807) is 0 Å². The predicted molar refractivity (Wildman–Crippen MR) is 139 cm³/mol. The number of hydrogen-bond donors (Lipinski definition) is 3. The van der Waals surface area contributed by atoms with Crippen molar-refractivity contribution in [2.24, 2.45) is 5.10 Å². The van der Waals surface area contributed by atoms with Crippen LogP contribution >= 0.6 is 11.6 Å². The summed E-state index contributed by atoms with van der Waals surface area (Å²) in [6.07, 6.45) is 9.63. The molecule has 174 valence electrons. The van der Waals surface area contributed by atoms with E-state index in [1.165, 1.54) is 5.57 Å². The van der Waals surface area contributed by atoms with Crippen LogP contribution in [0.4, 0.5) is 5.69 Å². The van der Waals surface area contributed by atoms with Gasteiger partial charge in [0.05, 0.1) is 12.1 Å². The summed E-state index contributed by atoms with van der Waals surface area (Å²) in [5, 5.41) is 16.1. The number of anilines is 1. The maximum Gasteiger partial charge on any atom is 0.0930 e. The summed E-state index contributed by atoms with van der Waals surface area (Å²) >= 11 is 6.02. The molecule has 2 aliphatic rings. The number of likely N-dealkylation sites (tertiary alicyclic amines) is 1. The average molecular weight is 465 g/mol. The van der Waals surface area contributed by atoms with Crippen LogP contribution in [0.5, 0.6) is 0 Å². The molecular formula is C27H33ClN4O. The van der Waals surface area contributed by atoms with E-state index in [2.05, 4.69) is 34.1 Å². The van der Waals surface area contributed by atoms with Gasteiger partial charge in [-0.25, -0.2) is 0 Å². The van der Waals surface area contributed by atoms with Gasteiger partial charge in [0.25, 0.3) is 0 Å².